The summed E-state index contributed by atoms with van der Waals surface area (Å²) >= 11 is 0. The van der Waals surface area contributed by atoms with Gasteiger partial charge in [0.2, 0.25) is 5.91 Å². The van der Waals surface area contributed by atoms with E-state index in [9.17, 15) is 9.59 Å². The molecule has 1 aromatic rings. The van der Waals surface area contributed by atoms with E-state index in [-0.39, 0.29) is 29.3 Å². The van der Waals surface area contributed by atoms with Gasteiger partial charge in [-0.1, -0.05) is 0 Å². The van der Waals surface area contributed by atoms with Crippen molar-refractivity contribution in [3.63, 3.8) is 0 Å². The van der Waals surface area contributed by atoms with Gasteiger partial charge in [0.15, 0.2) is 0 Å². The molecule has 6 nitrogen and oxygen atoms in total. The van der Waals surface area contributed by atoms with Crippen LogP contribution in [0.2, 0.25) is 0 Å². The number of nitrogens with one attached hydrogen (secondary N) is 2. The lowest BCUT2D eigenvalue weighted by Gasteiger charge is -2.19. The minimum Gasteiger partial charge on any atom is -0.467 e. The molecule has 2 fully saturated rings. The number of nitrogens with zero attached hydrogens (tertiary/aromatic N) is 1. The number of furan rings is 1. The third-order valence-electron chi connectivity index (χ3n) is 4.61. The van der Waals surface area contributed by atoms with Crippen molar-refractivity contribution in [1.82, 2.24) is 15.5 Å². The second-order valence-electron chi connectivity index (χ2n) is 6.69. The molecular weight excluding hydrogens is 282 g/mol. The molecule has 1 spiro atoms. The van der Waals surface area contributed by atoms with Crippen molar-refractivity contribution < 1.29 is 14.0 Å². The zero-order valence-corrected chi connectivity index (χ0v) is 13.1. The molecule has 6 heteroatoms. The van der Waals surface area contributed by atoms with E-state index in [1.165, 1.54) is 0 Å². The molecule has 1 aliphatic carbocycles. The van der Waals surface area contributed by atoms with Gasteiger partial charge in [0.05, 0.1) is 12.8 Å². The van der Waals surface area contributed by atoms with Crippen LogP contribution in [-0.2, 0) is 11.3 Å². The summed E-state index contributed by atoms with van der Waals surface area (Å²) in [5.74, 6) is 0.856. The molecule has 0 radical (unpaired) electrons. The van der Waals surface area contributed by atoms with E-state index in [0.717, 1.165) is 25.1 Å². The minimum absolute atomic E-state index is 0.00155. The first-order valence-corrected chi connectivity index (χ1v) is 7.86. The highest BCUT2D eigenvalue weighted by Gasteiger charge is 2.61. The number of carbonyl (C=O) groups is 2. The van der Waals surface area contributed by atoms with Crippen LogP contribution in [0.3, 0.4) is 0 Å². The van der Waals surface area contributed by atoms with Crippen LogP contribution in [0.4, 0.5) is 4.79 Å². The topological polar surface area (TPSA) is 74.6 Å². The molecule has 1 aromatic heterocycles. The molecule has 2 heterocycles. The molecule has 0 bridgehead atoms. The Morgan fingerprint density at radius 2 is 2.32 bits per heavy atom. The van der Waals surface area contributed by atoms with Gasteiger partial charge in [-0.15, -0.1) is 0 Å². The van der Waals surface area contributed by atoms with E-state index >= 15 is 0 Å². The monoisotopic (exact) mass is 305 g/mol. The van der Waals surface area contributed by atoms with E-state index in [4.69, 9.17) is 4.42 Å². The number of hydrogen-bond acceptors (Lipinski definition) is 3. The molecule has 1 saturated heterocycles. The molecule has 3 rings (SSSR count). The van der Waals surface area contributed by atoms with Gasteiger partial charge in [-0.05, 0) is 38.8 Å². The number of hydrogen-bond donors (Lipinski definition) is 2. The molecule has 0 aromatic carbocycles. The fourth-order valence-electron chi connectivity index (χ4n) is 3.29. The summed E-state index contributed by atoms with van der Waals surface area (Å²) in [5.41, 5.74) is 0.00155. The van der Waals surface area contributed by atoms with Crippen LogP contribution < -0.4 is 10.6 Å². The molecule has 0 unspecified atom stereocenters. The number of likely N-dealkylation sites (tertiary alicyclic amines) is 1. The number of urea groups is 1. The Morgan fingerprint density at radius 3 is 3.00 bits per heavy atom. The van der Waals surface area contributed by atoms with Crippen LogP contribution in [0.5, 0.6) is 0 Å². The van der Waals surface area contributed by atoms with Crippen molar-refractivity contribution in [2.75, 3.05) is 13.1 Å². The maximum Gasteiger partial charge on any atom is 0.317 e. The van der Waals surface area contributed by atoms with Crippen LogP contribution >= 0.6 is 0 Å². The fourth-order valence-corrected chi connectivity index (χ4v) is 3.29. The van der Waals surface area contributed by atoms with Gasteiger partial charge in [0, 0.05) is 30.5 Å². The molecule has 2 atom stereocenters. The summed E-state index contributed by atoms with van der Waals surface area (Å²) in [4.78, 5) is 26.1. The van der Waals surface area contributed by atoms with Gasteiger partial charge < -0.3 is 20.0 Å². The lowest BCUT2D eigenvalue weighted by molar-refractivity contribution is -0.123. The Labute approximate surface area is 130 Å². The van der Waals surface area contributed by atoms with Crippen molar-refractivity contribution in [1.29, 1.82) is 0 Å². The quantitative estimate of drug-likeness (QED) is 0.889. The Morgan fingerprint density at radius 1 is 1.50 bits per heavy atom. The van der Waals surface area contributed by atoms with Gasteiger partial charge >= 0.3 is 6.03 Å². The number of carbonyl (C=O) groups excluding carboxylic acids is 2. The first-order chi connectivity index (χ1) is 10.5. The molecule has 22 heavy (non-hydrogen) atoms. The lowest BCUT2D eigenvalue weighted by Crippen LogP contribution is -2.42. The molecule has 2 N–H and O–H groups in total. The highest BCUT2D eigenvalue weighted by Crippen LogP contribution is 2.58. The second kappa shape index (κ2) is 5.66. The number of rotatable bonds is 4. The Hall–Kier alpha value is -1.98. The third-order valence-corrected chi connectivity index (χ3v) is 4.61. The van der Waals surface area contributed by atoms with Crippen molar-refractivity contribution >= 4 is 11.9 Å². The van der Waals surface area contributed by atoms with E-state index in [1.54, 1.807) is 6.26 Å². The normalized spacial score (nSPS) is 26.5. The zero-order valence-electron chi connectivity index (χ0n) is 13.1. The van der Waals surface area contributed by atoms with Crippen molar-refractivity contribution in [2.24, 2.45) is 11.3 Å². The average molecular weight is 305 g/mol. The molecule has 120 valence electrons. The highest BCUT2D eigenvalue weighted by molar-refractivity contribution is 5.83. The zero-order chi connectivity index (χ0) is 15.7. The predicted molar refractivity (Wildman–Crippen MR) is 81.0 cm³/mol. The Kier molecular flexibility index (Phi) is 3.85. The summed E-state index contributed by atoms with van der Waals surface area (Å²) in [6, 6.07) is 3.77. The molecular formula is C16H23N3O3. The van der Waals surface area contributed by atoms with Crippen LogP contribution in [0.15, 0.2) is 22.8 Å². The third kappa shape index (κ3) is 2.96. The fraction of sp³-hybridized carbons (Fsp3) is 0.625. The average Bonchev–Trinajstić information content (AvgIpc) is 2.81. The van der Waals surface area contributed by atoms with E-state index in [2.05, 4.69) is 10.6 Å². The van der Waals surface area contributed by atoms with Gasteiger partial charge in [0.1, 0.15) is 5.76 Å². The van der Waals surface area contributed by atoms with E-state index < -0.39 is 0 Å². The standard InChI is InChI=1S/C16H23N3O3/c1-11(2)18-15(21)19-6-5-16(10-19)8-13(16)14(20)17-9-12-4-3-7-22-12/h3-4,7,11,13H,5-6,8-10H2,1-2H3,(H,17,20)(H,18,21)/t13-,16-/m1/s1. The largest absolute Gasteiger partial charge is 0.467 e. The maximum atomic E-state index is 12.2. The van der Waals surface area contributed by atoms with Crippen LogP contribution in [-0.4, -0.2) is 36.0 Å². The molecule has 1 saturated carbocycles. The van der Waals surface area contributed by atoms with Gasteiger partial charge in [-0.2, -0.15) is 0 Å². The van der Waals surface area contributed by atoms with Crippen molar-refractivity contribution in [3.05, 3.63) is 24.2 Å². The number of amides is 3. The highest BCUT2D eigenvalue weighted by atomic mass is 16.3. The molecule has 2 aliphatic rings. The van der Waals surface area contributed by atoms with Crippen LogP contribution in [0.1, 0.15) is 32.4 Å². The smallest absolute Gasteiger partial charge is 0.317 e. The summed E-state index contributed by atoms with van der Waals surface area (Å²) in [6.45, 7) is 5.75. The van der Waals surface area contributed by atoms with Crippen LogP contribution in [0, 0.1) is 11.3 Å². The Balaban J connectivity index is 1.49. The first kappa shape index (κ1) is 14.9. The maximum absolute atomic E-state index is 12.2. The summed E-state index contributed by atoms with van der Waals surface area (Å²) < 4.78 is 5.21. The lowest BCUT2D eigenvalue weighted by atomic mass is 10.0. The SMILES string of the molecule is CC(C)NC(=O)N1CC[C@@]2(C[C@@H]2C(=O)NCc2ccco2)C1. The van der Waals surface area contributed by atoms with Gasteiger partial charge in [-0.25, -0.2) is 4.79 Å². The van der Waals surface area contributed by atoms with Crippen molar-refractivity contribution in [3.8, 4) is 0 Å². The van der Waals surface area contributed by atoms with Crippen LogP contribution in [0.25, 0.3) is 0 Å². The predicted octanol–water partition coefficient (Wildman–Crippen LogP) is 1.73. The first-order valence-electron chi connectivity index (χ1n) is 7.86. The summed E-state index contributed by atoms with van der Waals surface area (Å²) in [5, 5.41) is 5.83. The summed E-state index contributed by atoms with van der Waals surface area (Å²) in [7, 11) is 0. The molecule has 3 amide bonds. The van der Waals surface area contributed by atoms with E-state index in [0.29, 0.717) is 13.1 Å². The van der Waals surface area contributed by atoms with Gasteiger partial charge in [-0.3, -0.25) is 4.79 Å². The van der Waals surface area contributed by atoms with Crippen molar-refractivity contribution in [2.45, 2.75) is 39.3 Å². The Bertz CT molecular complexity index is 555. The summed E-state index contributed by atoms with van der Waals surface area (Å²) in [6.07, 6.45) is 3.39. The van der Waals surface area contributed by atoms with E-state index in [1.807, 2.05) is 30.9 Å². The van der Waals surface area contributed by atoms with Gasteiger partial charge in [0.25, 0.3) is 0 Å². The second-order valence-corrected chi connectivity index (χ2v) is 6.69. The minimum atomic E-state index is -0.0199. The molecule has 1 aliphatic heterocycles.